The van der Waals surface area contributed by atoms with Crippen molar-refractivity contribution in [2.24, 2.45) is 0 Å². The van der Waals surface area contributed by atoms with Crippen molar-refractivity contribution in [3.63, 3.8) is 0 Å². The lowest BCUT2D eigenvalue weighted by atomic mass is 10.4. The Balaban J connectivity index is 2.61. The van der Waals surface area contributed by atoms with E-state index in [9.17, 15) is 4.79 Å². The SMILES string of the molecule is COC(=O)C=C(C)Sc1ccccc1. The summed E-state index contributed by atoms with van der Waals surface area (Å²) in [6.07, 6.45) is 1.48. The van der Waals surface area contributed by atoms with E-state index in [0.717, 1.165) is 9.80 Å². The van der Waals surface area contributed by atoms with Gasteiger partial charge in [-0.2, -0.15) is 0 Å². The fraction of sp³-hybridized carbons (Fsp3) is 0.182. The molecule has 3 heteroatoms. The van der Waals surface area contributed by atoms with E-state index >= 15 is 0 Å². The summed E-state index contributed by atoms with van der Waals surface area (Å²) in [5, 5.41) is 0. The van der Waals surface area contributed by atoms with Gasteiger partial charge in [-0.25, -0.2) is 4.79 Å². The van der Waals surface area contributed by atoms with Crippen molar-refractivity contribution in [2.45, 2.75) is 11.8 Å². The van der Waals surface area contributed by atoms with E-state index in [4.69, 9.17) is 0 Å². The molecule has 0 saturated heterocycles. The number of carbonyl (C=O) groups excluding carboxylic acids is 1. The molecule has 0 N–H and O–H groups in total. The molecule has 1 aromatic carbocycles. The lowest BCUT2D eigenvalue weighted by molar-refractivity contribution is -0.134. The van der Waals surface area contributed by atoms with Crippen molar-refractivity contribution in [2.75, 3.05) is 7.11 Å². The van der Waals surface area contributed by atoms with Crippen molar-refractivity contribution in [3.8, 4) is 0 Å². The highest BCUT2D eigenvalue weighted by Gasteiger charge is 1.98. The quantitative estimate of drug-likeness (QED) is 0.434. The zero-order valence-electron chi connectivity index (χ0n) is 8.19. The first-order valence-corrected chi connectivity index (χ1v) is 5.03. The molecular weight excluding hydrogens is 196 g/mol. The molecule has 1 aromatic rings. The number of ether oxygens (including phenoxy) is 1. The van der Waals surface area contributed by atoms with Crippen LogP contribution < -0.4 is 0 Å². The van der Waals surface area contributed by atoms with Gasteiger partial charge in [-0.3, -0.25) is 0 Å². The minimum atomic E-state index is -0.314. The van der Waals surface area contributed by atoms with E-state index in [1.165, 1.54) is 13.2 Å². The molecule has 0 atom stereocenters. The third-order valence-electron chi connectivity index (χ3n) is 1.54. The molecule has 0 unspecified atom stereocenters. The van der Waals surface area contributed by atoms with E-state index in [0.29, 0.717) is 0 Å². The zero-order valence-corrected chi connectivity index (χ0v) is 9.01. The third kappa shape index (κ3) is 3.66. The Kier molecular flexibility index (Phi) is 4.26. The molecule has 2 nitrogen and oxygen atoms in total. The van der Waals surface area contributed by atoms with Crippen LogP contribution in [-0.2, 0) is 9.53 Å². The summed E-state index contributed by atoms with van der Waals surface area (Å²) in [5.74, 6) is -0.314. The molecule has 0 aliphatic rings. The maximum Gasteiger partial charge on any atom is 0.331 e. The fourth-order valence-corrected chi connectivity index (χ4v) is 1.75. The minimum Gasteiger partial charge on any atom is -0.466 e. The van der Waals surface area contributed by atoms with E-state index < -0.39 is 0 Å². The Morgan fingerprint density at radius 3 is 2.57 bits per heavy atom. The summed E-state index contributed by atoms with van der Waals surface area (Å²) in [6.45, 7) is 1.88. The second-order valence-corrected chi connectivity index (χ2v) is 4.01. The lowest BCUT2D eigenvalue weighted by Crippen LogP contribution is -1.94. The first kappa shape index (κ1) is 10.9. The molecule has 0 heterocycles. The number of rotatable bonds is 3. The summed E-state index contributed by atoms with van der Waals surface area (Å²) in [6, 6.07) is 9.89. The molecule has 0 aromatic heterocycles. The summed E-state index contributed by atoms with van der Waals surface area (Å²) in [7, 11) is 1.37. The van der Waals surface area contributed by atoms with Crippen LogP contribution >= 0.6 is 11.8 Å². The number of thioether (sulfide) groups is 1. The van der Waals surface area contributed by atoms with Crippen LogP contribution in [0.4, 0.5) is 0 Å². The van der Waals surface area contributed by atoms with Gasteiger partial charge in [0.15, 0.2) is 0 Å². The molecule has 0 aliphatic heterocycles. The van der Waals surface area contributed by atoms with Crippen LogP contribution in [0, 0.1) is 0 Å². The van der Waals surface area contributed by atoms with Gasteiger partial charge in [0.05, 0.1) is 7.11 Å². The second kappa shape index (κ2) is 5.50. The molecule has 1 rings (SSSR count). The van der Waals surface area contributed by atoms with Gasteiger partial charge in [0, 0.05) is 11.0 Å². The maximum absolute atomic E-state index is 10.9. The number of hydrogen-bond acceptors (Lipinski definition) is 3. The molecular formula is C11H12O2S. The molecule has 14 heavy (non-hydrogen) atoms. The van der Waals surface area contributed by atoms with Crippen LogP contribution in [0.15, 0.2) is 46.2 Å². The van der Waals surface area contributed by atoms with Crippen molar-refractivity contribution in [1.82, 2.24) is 0 Å². The smallest absolute Gasteiger partial charge is 0.331 e. The molecule has 0 radical (unpaired) electrons. The molecule has 0 aliphatic carbocycles. The van der Waals surface area contributed by atoms with E-state index in [-0.39, 0.29) is 5.97 Å². The van der Waals surface area contributed by atoms with Crippen molar-refractivity contribution in [3.05, 3.63) is 41.3 Å². The topological polar surface area (TPSA) is 26.3 Å². The first-order chi connectivity index (χ1) is 6.72. The van der Waals surface area contributed by atoms with Gasteiger partial charge in [0.1, 0.15) is 0 Å². The Bertz CT molecular complexity index is 330. The lowest BCUT2D eigenvalue weighted by Gasteiger charge is -2.00. The molecule has 0 spiro atoms. The van der Waals surface area contributed by atoms with Gasteiger partial charge in [-0.1, -0.05) is 30.0 Å². The van der Waals surface area contributed by atoms with Crippen molar-refractivity contribution < 1.29 is 9.53 Å². The van der Waals surface area contributed by atoms with Crippen LogP contribution in [0.3, 0.4) is 0 Å². The minimum absolute atomic E-state index is 0.314. The van der Waals surface area contributed by atoms with Gasteiger partial charge in [0.25, 0.3) is 0 Å². The van der Waals surface area contributed by atoms with Crippen LogP contribution in [-0.4, -0.2) is 13.1 Å². The summed E-state index contributed by atoms with van der Waals surface area (Å²) in [5.41, 5.74) is 0. The normalized spacial score (nSPS) is 11.1. The Hall–Kier alpha value is -1.22. The number of allylic oxidation sites excluding steroid dienone is 1. The van der Waals surface area contributed by atoms with Gasteiger partial charge in [-0.15, -0.1) is 0 Å². The summed E-state index contributed by atoms with van der Waals surface area (Å²) in [4.78, 5) is 12.9. The zero-order chi connectivity index (χ0) is 10.4. The Labute approximate surface area is 88.0 Å². The number of carbonyl (C=O) groups is 1. The highest BCUT2D eigenvalue weighted by atomic mass is 32.2. The fourth-order valence-electron chi connectivity index (χ4n) is 0.929. The first-order valence-electron chi connectivity index (χ1n) is 4.21. The predicted octanol–water partition coefficient (Wildman–Crippen LogP) is 2.86. The average Bonchev–Trinajstić information content (AvgIpc) is 2.19. The third-order valence-corrected chi connectivity index (χ3v) is 2.49. The number of benzene rings is 1. The van der Waals surface area contributed by atoms with Crippen molar-refractivity contribution in [1.29, 1.82) is 0 Å². The molecule has 0 fully saturated rings. The molecule has 0 saturated carbocycles. The van der Waals surface area contributed by atoms with E-state index in [2.05, 4.69) is 4.74 Å². The second-order valence-electron chi connectivity index (χ2n) is 2.69. The predicted molar refractivity (Wildman–Crippen MR) is 58.1 cm³/mol. The number of methoxy groups -OCH3 is 1. The standard InChI is InChI=1S/C11H12O2S/c1-9(8-11(12)13-2)14-10-6-4-3-5-7-10/h3-8H,1-2H3. The van der Waals surface area contributed by atoms with Crippen LogP contribution in [0.2, 0.25) is 0 Å². The largest absolute Gasteiger partial charge is 0.466 e. The van der Waals surface area contributed by atoms with E-state index in [1.54, 1.807) is 11.8 Å². The Morgan fingerprint density at radius 2 is 2.00 bits per heavy atom. The van der Waals surface area contributed by atoms with Crippen LogP contribution in [0.25, 0.3) is 0 Å². The monoisotopic (exact) mass is 208 g/mol. The van der Waals surface area contributed by atoms with Crippen molar-refractivity contribution >= 4 is 17.7 Å². The molecule has 74 valence electrons. The highest BCUT2D eigenvalue weighted by Crippen LogP contribution is 2.25. The Morgan fingerprint density at radius 1 is 1.36 bits per heavy atom. The maximum atomic E-state index is 10.9. The summed E-state index contributed by atoms with van der Waals surface area (Å²) < 4.78 is 4.53. The molecule has 0 amide bonds. The number of hydrogen-bond donors (Lipinski definition) is 0. The summed E-state index contributed by atoms with van der Waals surface area (Å²) >= 11 is 1.55. The van der Waals surface area contributed by atoms with Crippen LogP contribution in [0.5, 0.6) is 0 Å². The van der Waals surface area contributed by atoms with Gasteiger partial charge < -0.3 is 4.74 Å². The van der Waals surface area contributed by atoms with Crippen LogP contribution in [0.1, 0.15) is 6.92 Å². The molecule has 0 bridgehead atoms. The number of esters is 1. The van der Waals surface area contributed by atoms with E-state index in [1.807, 2.05) is 37.3 Å². The van der Waals surface area contributed by atoms with Gasteiger partial charge >= 0.3 is 5.97 Å². The average molecular weight is 208 g/mol. The van der Waals surface area contributed by atoms with Gasteiger partial charge in [0.2, 0.25) is 0 Å². The van der Waals surface area contributed by atoms with Gasteiger partial charge in [-0.05, 0) is 24.0 Å². The highest BCUT2D eigenvalue weighted by molar-refractivity contribution is 8.03.